The molecule has 3 rings (SSSR count). The van der Waals surface area contributed by atoms with Gasteiger partial charge in [0.15, 0.2) is 0 Å². The number of amides is 1. The minimum atomic E-state index is -2.47. The molecule has 2 heterocycles. The van der Waals surface area contributed by atoms with Gasteiger partial charge >= 0.3 is 0 Å². The number of thioether (sulfide) groups is 1. The lowest BCUT2D eigenvalue weighted by Crippen LogP contribution is -2.20. The first-order valence-electron chi connectivity index (χ1n) is 6.76. The molecule has 0 aliphatic carbocycles. The molecule has 10 heteroatoms. The number of nitrogens with one attached hydrogen (secondary N) is 1. The third-order valence-corrected chi connectivity index (χ3v) is 4.43. The lowest BCUT2D eigenvalue weighted by atomic mass is 10.3. The van der Waals surface area contributed by atoms with Crippen LogP contribution in [0.25, 0.3) is 10.7 Å². The second kappa shape index (κ2) is 7.49. The van der Waals surface area contributed by atoms with Crippen molar-refractivity contribution in [2.45, 2.75) is 17.2 Å². The van der Waals surface area contributed by atoms with Crippen molar-refractivity contribution in [3.63, 3.8) is 0 Å². The number of thiophene rings is 1. The number of carbonyl (C=O) groups is 1. The molecule has 0 fully saturated rings. The van der Waals surface area contributed by atoms with Crippen molar-refractivity contribution in [1.82, 2.24) is 20.2 Å². The van der Waals surface area contributed by atoms with E-state index >= 15 is 0 Å². The number of aromatic nitrogens is 4. The van der Waals surface area contributed by atoms with Gasteiger partial charge in [0.2, 0.25) is 11.7 Å². The maximum absolute atomic E-state index is 12.2. The van der Waals surface area contributed by atoms with Crippen LogP contribution in [0, 0.1) is 0 Å². The van der Waals surface area contributed by atoms with Crippen LogP contribution in [0.1, 0.15) is 0 Å². The molecule has 0 bridgehead atoms. The summed E-state index contributed by atoms with van der Waals surface area (Å²) in [5.41, 5.74) is 0.511. The molecule has 1 amide bonds. The van der Waals surface area contributed by atoms with Gasteiger partial charge in [-0.2, -0.15) is 13.6 Å². The number of hydrogen-bond acceptors (Lipinski definition) is 6. The largest absolute Gasteiger partial charge is 0.324 e. The van der Waals surface area contributed by atoms with Crippen LogP contribution in [0.4, 0.5) is 14.5 Å². The lowest BCUT2D eigenvalue weighted by Gasteiger charge is -2.05. The minimum absolute atomic E-state index is 0.0914. The van der Waals surface area contributed by atoms with Gasteiger partial charge in [0, 0.05) is 10.6 Å². The van der Waals surface area contributed by atoms with E-state index in [-0.39, 0.29) is 12.5 Å². The van der Waals surface area contributed by atoms with Gasteiger partial charge < -0.3 is 5.32 Å². The second-order valence-electron chi connectivity index (χ2n) is 4.57. The Bertz CT molecular complexity index is 805. The van der Waals surface area contributed by atoms with Crippen LogP contribution in [0.5, 0.6) is 0 Å². The molecule has 2 aromatic heterocycles. The molecule has 0 saturated carbocycles. The van der Waals surface area contributed by atoms with E-state index < -0.39 is 5.76 Å². The van der Waals surface area contributed by atoms with E-state index in [9.17, 15) is 13.6 Å². The highest BCUT2D eigenvalue weighted by Crippen LogP contribution is 2.26. The van der Waals surface area contributed by atoms with E-state index in [1.165, 1.54) is 28.3 Å². The van der Waals surface area contributed by atoms with Crippen molar-refractivity contribution >= 4 is 34.7 Å². The first kappa shape index (κ1) is 16.5. The van der Waals surface area contributed by atoms with Crippen molar-refractivity contribution in [3.8, 4) is 10.7 Å². The first-order chi connectivity index (χ1) is 11.6. The first-order valence-corrected chi connectivity index (χ1v) is 8.52. The number of carbonyl (C=O) groups excluding carboxylic acids is 1. The smallest absolute Gasteiger partial charge is 0.288 e. The highest BCUT2D eigenvalue weighted by atomic mass is 32.2. The van der Waals surface area contributed by atoms with Gasteiger partial charge in [-0.1, -0.05) is 17.8 Å². The van der Waals surface area contributed by atoms with Crippen LogP contribution < -0.4 is 5.32 Å². The van der Waals surface area contributed by atoms with E-state index in [4.69, 9.17) is 0 Å². The SMILES string of the molecule is O=C(Cn1nnc(-c2cccs2)n1)Nc1ccc(SC(F)F)cc1. The molecular formula is C14H11F2N5OS2. The average molecular weight is 367 g/mol. The molecule has 124 valence electrons. The summed E-state index contributed by atoms with van der Waals surface area (Å²) < 4.78 is 24.5. The summed E-state index contributed by atoms with van der Waals surface area (Å²) in [5.74, 6) is -2.34. The summed E-state index contributed by atoms with van der Waals surface area (Å²) >= 11 is 1.93. The topological polar surface area (TPSA) is 72.7 Å². The van der Waals surface area contributed by atoms with Gasteiger partial charge in [-0.3, -0.25) is 4.79 Å². The van der Waals surface area contributed by atoms with Gasteiger partial charge in [-0.15, -0.1) is 21.5 Å². The summed E-state index contributed by atoms with van der Waals surface area (Å²) in [4.78, 5) is 14.5. The fourth-order valence-electron chi connectivity index (χ4n) is 1.86. The van der Waals surface area contributed by atoms with Gasteiger partial charge in [-0.05, 0) is 40.9 Å². The summed E-state index contributed by atoms with van der Waals surface area (Å²) in [6, 6.07) is 9.92. The number of nitrogens with zero attached hydrogens (tertiary/aromatic N) is 4. The lowest BCUT2D eigenvalue weighted by molar-refractivity contribution is -0.117. The normalized spacial score (nSPS) is 11.0. The zero-order valence-corrected chi connectivity index (χ0v) is 13.7. The molecule has 24 heavy (non-hydrogen) atoms. The molecule has 0 spiro atoms. The van der Waals surface area contributed by atoms with Crippen molar-refractivity contribution in [2.24, 2.45) is 0 Å². The molecule has 1 N–H and O–H groups in total. The fraction of sp³-hybridized carbons (Fsp3) is 0.143. The Hall–Kier alpha value is -2.33. The number of hydrogen-bond donors (Lipinski definition) is 1. The van der Waals surface area contributed by atoms with Crippen LogP contribution in [0.3, 0.4) is 0 Å². The van der Waals surface area contributed by atoms with Gasteiger partial charge in [-0.25, -0.2) is 0 Å². The van der Waals surface area contributed by atoms with Crippen LogP contribution >= 0.6 is 23.1 Å². The highest BCUT2D eigenvalue weighted by molar-refractivity contribution is 7.99. The predicted molar refractivity (Wildman–Crippen MR) is 88.1 cm³/mol. The Labute approximate surface area is 143 Å². The van der Waals surface area contributed by atoms with Gasteiger partial charge in [0.25, 0.3) is 5.76 Å². The van der Waals surface area contributed by atoms with Crippen LogP contribution in [-0.4, -0.2) is 31.9 Å². The standard InChI is InChI=1S/C14H11F2N5OS2/c15-14(16)24-10-5-3-9(4-6-10)17-12(22)8-21-19-13(18-20-21)11-2-1-7-23-11/h1-7,14H,8H2,(H,17,22). The fourth-order valence-corrected chi connectivity index (χ4v) is 3.01. The number of anilines is 1. The van der Waals surface area contributed by atoms with E-state index in [2.05, 4.69) is 20.7 Å². The third-order valence-electron chi connectivity index (χ3n) is 2.84. The Morgan fingerprint density at radius 1 is 1.29 bits per heavy atom. The summed E-state index contributed by atoms with van der Waals surface area (Å²) in [6.45, 7) is -0.0914. The maximum Gasteiger partial charge on any atom is 0.288 e. The number of rotatable bonds is 6. The molecule has 0 aliphatic rings. The van der Waals surface area contributed by atoms with Gasteiger partial charge in [0.1, 0.15) is 6.54 Å². The van der Waals surface area contributed by atoms with Crippen LogP contribution in [-0.2, 0) is 11.3 Å². The Morgan fingerprint density at radius 2 is 2.08 bits per heavy atom. The van der Waals surface area contributed by atoms with Crippen molar-refractivity contribution in [1.29, 1.82) is 0 Å². The number of benzene rings is 1. The molecule has 3 aromatic rings. The quantitative estimate of drug-likeness (QED) is 0.677. The minimum Gasteiger partial charge on any atom is -0.324 e. The molecule has 0 aliphatic heterocycles. The van der Waals surface area contributed by atoms with E-state index in [1.807, 2.05) is 17.5 Å². The van der Waals surface area contributed by atoms with E-state index in [1.54, 1.807) is 12.1 Å². The maximum atomic E-state index is 12.2. The second-order valence-corrected chi connectivity index (χ2v) is 6.58. The van der Waals surface area contributed by atoms with E-state index in [0.717, 1.165) is 4.88 Å². The molecule has 0 radical (unpaired) electrons. The highest BCUT2D eigenvalue weighted by Gasteiger charge is 2.10. The molecule has 0 unspecified atom stereocenters. The van der Waals surface area contributed by atoms with Crippen molar-refractivity contribution in [2.75, 3.05) is 5.32 Å². The summed E-state index contributed by atoms with van der Waals surface area (Å²) in [7, 11) is 0. The molecule has 6 nitrogen and oxygen atoms in total. The Kier molecular flexibility index (Phi) is 5.16. The number of tetrazole rings is 1. The molecular weight excluding hydrogens is 356 g/mol. The van der Waals surface area contributed by atoms with Crippen molar-refractivity contribution in [3.05, 3.63) is 41.8 Å². The van der Waals surface area contributed by atoms with Crippen molar-refractivity contribution < 1.29 is 13.6 Å². The Balaban J connectivity index is 1.57. The average Bonchev–Trinajstić information content (AvgIpc) is 3.19. The van der Waals surface area contributed by atoms with Gasteiger partial charge in [0.05, 0.1) is 4.88 Å². The summed E-state index contributed by atoms with van der Waals surface area (Å²) in [5, 5.41) is 16.4. The van der Waals surface area contributed by atoms with Crippen LogP contribution in [0.15, 0.2) is 46.7 Å². The summed E-state index contributed by atoms with van der Waals surface area (Å²) in [6.07, 6.45) is 0. The third kappa shape index (κ3) is 4.36. The molecule has 0 saturated heterocycles. The monoisotopic (exact) mass is 367 g/mol. The number of alkyl halides is 2. The van der Waals surface area contributed by atoms with Crippen LogP contribution in [0.2, 0.25) is 0 Å². The zero-order chi connectivity index (χ0) is 16.9. The Morgan fingerprint density at radius 3 is 2.75 bits per heavy atom. The molecule has 1 aromatic carbocycles. The predicted octanol–water partition coefficient (Wildman–Crippen LogP) is 3.36. The zero-order valence-electron chi connectivity index (χ0n) is 12.1. The number of halogens is 2. The van der Waals surface area contributed by atoms with E-state index in [0.29, 0.717) is 28.2 Å². The molecule has 0 atom stereocenters.